The predicted molar refractivity (Wildman–Crippen MR) is 125 cm³/mol. The molecule has 31 heavy (non-hydrogen) atoms. The fourth-order valence-electron chi connectivity index (χ4n) is 3.05. The molecule has 7 heteroatoms. The molecule has 4 aromatic rings. The van der Waals surface area contributed by atoms with Gasteiger partial charge in [-0.05, 0) is 42.3 Å². The number of methoxy groups -OCH3 is 1. The summed E-state index contributed by atoms with van der Waals surface area (Å²) in [5, 5.41) is 11.6. The maximum absolute atomic E-state index is 11.0. The molecule has 0 saturated carbocycles. The minimum absolute atomic E-state index is 0.0569. The standard InChI is InChI=1S/C24H19N3O3S/c1-16-6-8-18(9-7-16)22-23(19-10-12-20(13-11-19)27(28)29)31-24(26-22)25-15-17-4-3-5-21(14-17)30-2/h3-15H,1-2H3. The molecule has 0 aliphatic rings. The number of aliphatic imine (C=N–C) groups is 1. The molecular weight excluding hydrogens is 410 g/mol. The number of nitro groups is 1. The number of benzene rings is 3. The van der Waals surface area contributed by atoms with Gasteiger partial charge in [-0.25, -0.2) is 9.98 Å². The summed E-state index contributed by atoms with van der Waals surface area (Å²) in [5.41, 5.74) is 4.76. The number of aromatic nitrogens is 1. The molecule has 1 heterocycles. The quantitative estimate of drug-likeness (QED) is 0.200. The summed E-state index contributed by atoms with van der Waals surface area (Å²) in [6.45, 7) is 2.03. The Morgan fingerprint density at radius 2 is 1.74 bits per heavy atom. The van der Waals surface area contributed by atoms with E-state index in [1.807, 2.05) is 55.5 Å². The molecule has 0 amide bonds. The maximum Gasteiger partial charge on any atom is 0.269 e. The average molecular weight is 430 g/mol. The van der Waals surface area contributed by atoms with Crippen LogP contribution in [0.5, 0.6) is 5.75 Å². The Morgan fingerprint density at radius 3 is 2.42 bits per heavy atom. The van der Waals surface area contributed by atoms with Gasteiger partial charge >= 0.3 is 0 Å². The van der Waals surface area contributed by atoms with Gasteiger partial charge in [0, 0.05) is 23.9 Å². The highest BCUT2D eigenvalue weighted by molar-refractivity contribution is 7.19. The first-order valence-corrected chi connectivity index (χ1v) is 10.4. The zero-order valence-electron chi connectivity index (χ0n) is 17.0. The number of hydrogen-bond donors (Lipinski definition) is 0. The summed E-state index contributed by atoms with van der Waals surface area (Å²) in [6.07, 6.45) is 1.75. The topological polar surface area (TPSA) is 77.6 Å². The van der Waals surface area contributed by atoms with Crippen LogP contribution in [0.15, 0.2) is 77.8 Å². The van der Waals surface area contributed by atoms with Crippen molar-refractivity contribution >= 4 is 28.4 Å². The van der Waals surface area contributed by atoms with Gasteiger partial charge in [0.2, 0.25) is 5.13 Å². The average Bonchev–Trinajstić information content (AvgIpc) is 3.22. The fourth-order valence-corrected chi connectivity index (χ4v) is 3.99. The normalized spacial score (nSPS) is 11.0. The van der Waals surface area contributed by atoms with Crippen LogP contribution in [0.4, 0.5) is 10.8 Å². The lowest BCUT2D eigenvalue weighted by atomic mass is 10.1. The van der Waals surface area contributed by atoms with E-state index in [9.17, 15) is 10.1 Å². The third-order valence-electron chi connectivity index (χ3n) is 4.70. The Hall–Kier alpha value is -3.84. The Balaban J connectivity index is 1.75. The molecule has 0 spiro atoms. The molecule has 6 nitrogen and oxygen atoms in total. The smallest absolute Gasteiger partial charge is 0.269 e. The third kappa shape index (κ3) is 4.67. The van der Waals surface area contributed by atoms with Crippen LogP contribution in [-0.2, 0) is 0 Å². The summed E-state index contributed by atoms with van der Waals surface area (Å²) >= 11 is 1.44. The van der Waals surface area contributed by atoms with Crippen molar-refractivity contribution in [3.63, 3.8) is 0 Å². The van der Waals surface area contributed by atoms with E-state index in [0.29, 0.717) is 5.13 Å². The van der Waals surface area contributed by atoms with E-state index in [0.717, 1.165) is 38.6 Å². The number of rotatable bonds is 6. The van der Waals surface area contributed by atoms with E-state index in [1.165, 1.54) is 23.5 Å². The minimum Gasteiger partial charge on any atom is -0.497 e. The molecule has 0 saturated heterocycles. The number of thiazole rings is 1. The van der Waals surface area contributed by atoms with E-state index in [4.69, 9.17) is 9.72 Å². The number of hydrogen-bond acceptors (Lipinski definition) is 6. The first-order valence-electron chi connectivity index (χ1n) is 9.54. The Morgan fingerprint density at radius 1 is 1.03 bits per heavy atom. The molecular formula is C24H19N3O3S. The van der Waals surface area contributed by atoms with Gasteiger partial charge < -0.3 is 4.74 Å². The SMILES string of the molecule is COc1cccc(C=Nc2nc(-c3ccc(C)cc3)c(-c3ccc([N+](=O)[O-])cc3)s2)c1. The lowest BCUT2D eigenvalue weighted by Gasteiger charge is -2.03. The summed E-state index contributed by atoms with van der Waals surface area (Å²) < 4.78 is 5.26. The summed E-state index contributed by atoms with van der Waals surface area (Å²) in [4.78, 5) is 20.8. The van der Waals surface area contributed by atoms with Crippen molar-refractivity contribution in [2.75, 3.05) is 7.11 Å². The zero-order chi connectivity index (χ0) is 21.8. The van der Waals surface area contributed by atoms with Crippen LogP contribution in [0.1, 0.15) is 11.1 Å². The largest absolute Gasteiger partial charge is 0.497 e. The Bertz CT molecular complexity index is 1250. The molecule has 0 bridgehead atoms. The third-order valence-corrected chi connectivity index (χ3v) is 5.71. The van der Waals surface area contributed by atoms with Crippen molar-refractivity contribution in [3.05, 3.63) is 94.0 Å². The van der Waals surface area contributed by atoms with Crippen molar-refractivity contribution in [2.45, 2.75) is 6.92 Å². The van der Waals surface area contributed by atoms with Crippen LogP contribution in [0.3, 0.4) is 0 Å². The van der Waals surface area contributed by atoms with Crippen LogP contribution in [0.25, 0.3) is 21.7 Å². The van der Waals surface area contributed by atoms with E-state index in [-0.39, 0.29) is 5.69 Å². The molecule has 0 fully saturated rings. The van der Waals surface area contributed by atoms with Crippen LogP contribution in [0.2, 0.25) is 0 Å². The number of nitrogens with zero attached hydrogens (tertiary/aromatic N) is 3. The van der Waals surface area contributed by atoms with Crippen molar-refractivity contribution in [3.8, 4) is 27.4 Å². The van der Waals surface area contributed by atoms with Gasteiger partial charge in [-0.1, -0.05) is 53.3 Å². The van der Waals surface area contributed by atoms with E-state index >= 15 is 0 Å². The maximum atomic E-state index is 11.0. The van der Waals surface area contributed by atoms with Gasteiger partial charge in [-0.2, -0.15) is 0 Å². The molecule has 0 aliphatic heterocycles. The number of nitro benzene ring substituents is 1. The van der Waals surface area contributed by atoms with Gasteiger partial charge in [0.05, 0.1) is 22.6 Å². The molecule has 0 unspecified atom stereocenters. The van der Waals surface area contributed by atoms with Crippen LogP contribution in [0, 0.1) is 17.0 Å². The number of aryl methyl sites for hydroxylation is 1. The molecule has 0 aliphatic carbocycles. The van der Waals surface area contributed by atoms with Gasteiger partial charge in [-0.3, -0.25) is 10.1 Å². The van der Waals surface area contributed by atoms with Crippen LogP contribution in [-0.4, -0.2) is 23.2 Å². The highest BCUT2D eigenvalue weighted by Gasteiger charge is 2.16. The molecule has 0 radical (unpaired) electrons. The van der Waals surface area contributed by atoms with Gasteiger partial charge in [-0.15, -0.1) is 0 Å². The molecule has 1 aromatic heterocycles. The van der Waals surface area contributed by atoms with Gasteiger partial charge in [0.15, 0.2) is 0 Å². The van der Waals surface area contributed by atoms with Crippen molar-refractivity contribution in [1.29, 1.82) is 0 Å². The van der Waals surface area contributed by atoms with Crippen molar-refractivity contribution in [2.24, 2.45) is 4.99 Å². The lowest BCUT2D eigenvalue weighted by molar-refractivity contribution is -0.384. The molecule has 4 rings (SSSR count). The Labute approximate surface area is 183 Å². The highest BCUT2D eigenvalue weighted by atomic mass is 32.1. The molecule has 154 valence electrons. The first kappa shape index (κ1) is 20.4. The summed E-state index contributed by atoms with van der Waals surface area (Å²) in [6, 6.07) is 22.3. The monoisotopic (exact) mass is 429 g/mol. The lowest BCUT2D eigenvalue weighted by Crippen LogP contribution is -1.87. The highest BCUT2D eigenvalue weighted by Crippen LogP contribution is 2.40. The minimum atomic E-state index is -0.402. The zero-order valence-corrected chi connectivity index (χ0v) is 17.8. The number of non-ortho nitro benzene ring substituents is 1. The molecule has 3 aromatic carbocycles. The number of ether oxygens (including phenoxy) is 1. The van der Waals surface area contributed by atoms with Gasteiger partial charge in [0.1, 0.15) is 5.75 Å². The van der Waals surface area contributed by atoms with Crippen molar-refractivity contribution < 1.29 is 9.66 Å². The van der Waals surface area contributed by atoms with E-state index in [1.54, 1.807) is 25.5 Å². The Kier molecular flexibility index (Phi) is 5.86. The van der Waals surface area contributed by atoms with Crippen molar-refractivity contribution in [1.82, 2.24) is 4.98 Å². The second-order valence-corrected chi connectivity index (χ2v) is 7.86. The molecule has 0 N–H and O–H groups in total. The fraction of sp³-hybridized carbons (Fsp3) is 0.0833. The summed E-state index contributed by atoms with van der Waals surface area (Å²) in [7, 11) is 1.63. The summed E-state index contributed by atoms with van der Waals surface area (Å²) in [5.74, 6) is 0.759. The van der Waals surface area contributed by atoms with Gasteiger partial charge in [0.25, 0.3) is 5.69 Å². The van der Waals surface area contributed by atoms with E-state index in [2.05, 4.69) is 4.99 Å². The first-order chi connectivity index (χ1) is 15.0. The second kappa shape index (κ2) is 8.89. The predicted octanol–water partition coefficient (Wildman–Crippen LogP) is 6.45. The van der Waals surface area contributed by atoms with Crippen LogP contribution >= 0.6 is 11.3 Å². The van der Waals surface area contributed by atoms with Crippen LogP contribution < -0.4 is 4.74 Å². The van der Waals surface area contributed by atoms with E-state index < -0.39 is 4.92 Å². The second-order valence-electron chi connectivity index (χ2n) is 6.88. The molecule has 0 atom stereocenters.